The van der Waals surface area contributed by atoms with Gasteiger partial charge in [0.2, 0.25) is 5.82 Å². The average Bonchev–Trinajstić information content (AvgIpc) is 0.662. The highest BCUT2D eigenvalue weighted by molar-refractivity contribution is 7.23. The van der Waals surface area contributed by atoms with Gasteiger partial charge >= 0.3 is 0 Å². The Hall–Kier alpha value is -9.12. The maximum Gasteiger partial charge on any atom is 0.200 e. The van der Waals surface area contributed by atoms with Crippen LogP contribution in [0.15, 0.2) is 24.3 Å². The van der Waals surface area contributed by atoms with Gasteiger partial charge in [0.05, 0.1) is 40.2 Å². The summed E-state index contributed by atoms with van der Waals surface area (Å²) in [6.07, 6.45) is -1.02. The molecule has 101 heavy (non-hydrogen) atoms. The van der Waals surface area contributed by atoms with E-state index >= 15 is 105 Å². The molecule has 0 aliphatic rings. The molecule has 0 bridgehead atoms. The van der Waals surface area contributed by atoms with E-state index in [1.165, 1.54) is 57.3 Å². The first-order chi connectivity index (χ1) is 47.2. The molecule has 10 aromatic carbocycles. The number of quaternary nitrogens is 1. The smallest absolute Gasteiger partial charge is 0.200 e. The van der Waals surface area contributed by atoms with Gasteiger partial charge in [-0.15, -0.1) is 21.9 Å². The van der Waals surface area contributed by atoms with Crippen LogP contribution in [0.2, 0.25) is 0 Å². The Morgan fingerprint density at radius 1 is 0.277 bits per heavy atom. The highest BCUT2D eigenvalue weighted by Gasteiger charge is 2.52. The zero-order valence-corrected chi connectivity index (χ0v) is 50.4. The van der Waals surface area contributed by atoms with Crippen LogP contribution in [0, 0.1) is 210 Å². The minimum Gasteiger partial charge on any atom is -0.346 e. The van der Waals surface area contributed by atoms with Gasteiger partial charge < -0.3 is 5.32 Å². The lowest BCUT2D eigenvalue weighted by atomic mass is 9.11. The van der Waals surface area contributed by atoms with Crippen LogP contribution in [-0.4, -0.2) is 19.2 Å². The minimum absolute atomic E-state index is 0.690. The number of rotatable bonds is 14. The van der Waals surface area contributed by atoms with Crippen molar-refractivity contribution in [2.24, 2.45) is 11.8 Å². The van der Waals surface area contributed by atoms with Gasteiger partial charge in [-0.3, -0.25) is 0 Å². The maximum atomic E-state index is 17.3. The third-order valence-electron chi connectivity index (χ3n) is 16.8. The highest BCUT2D eigenvalue weighted by Crippen LogP contribution is 2.43. The van der Waals surface area contributed by atoms with Crippen LogP contribution in [-0.2, 0) is 0 Å². The fourth-order valence-corrected chi connectivity index (χ4v) is 12.1. The molecule has 0 heterocycles. The second kappa shape index (κ2) is 29.1. The molecule has 0 aromatic heterocycles. The lowest BCUT2D eigenvalue weighted by Gasteiger charge is -2.47. The number of hydrogen-bond donors (Lipinski definition) is 1. The van der Waals surface area contributed by atoms with Crippen LogP contribution >= 0.6 is 0 Å². The normalized spacial score (nSPS) is 12.5. The Bertz CT molecular complexity index is 4540. The molecule has 2 atom stereocenters. The molecule has 0 amide bonds. The van der Waals surface area contributed by atoms with Crippen molar-refractivity contribution in [2.45, 2.75) is 59.8 Å². The Morgan fingerprint density at radius 2 is 0.515 bits per heavy atom. The van der Waals surface area contributed by atoms with Crippen molar-refractivity contribution in [3.8, 4) is 11.1 Å². The van der Waals surface area contributed by atoms with Crippen molar-refractivity contribution >= 4 is 71.1 Å². The summed E-state index contributed by atoms with van der Waals surface area (Å²) in [5, 5.41) is -24.6. The third-order valence-corrected chi connectivity index (χ3v) is 16.8. The van der Waals surface area contributed by atoms with E-state index in [-0.39, 0.29) is 0 Å². The number of hydrogen-bond acceptors (Lipinski definition) is 0. The topological polar surface area (TPSA) is 16.6 Å². The third kappa shape index (κ3) is 12.1. The molecule has 1 nitrogen and oxygen atoms in total. The molecule has 0 saturated heterocycles. The molecule has 0 aliphatic carbocycles. The Balaban J connectivity index is 0.000000330. The average molecular weight is 1490 g/mol. The van der Waals surface area contributed by atoms with Gasteiger partial charge in [0.15, 0.2) is 163 Å². The zero-order valence-electron chi connectivity index (χ0n) is 50.4. The molecule has 10 rings (SSSR count). The minimum atomic E-state index is -8.05. The Labute approximate surface area is 542 Å². The molecule has 0 spiro atoms. The molecular weight excluding hydrogens is 1450 g/mol. The SMILES string of the molecule is CCCC(CC)CCC(C)C[NH2+]CC.Fc1c(F)c(F)c2c([B-](c3c(F)c(F)c(F)c4c(F)c(F)c(F)c(F)c34)(c3c(F)c(F)c(F)c4c(F)c(F)c(F)c(F)c34)c3c(F)c(F)c(F)c4c(F)c(F)c(F)c(F)c34)c(F)c(F)c(F)c2c1F.Fc1ccccc1-c1c(F)c(F)c(F)c(F)c1F. The van der Waals surface area contributed by atoms with Crippen molar-refractivity contribution in [1.29, 1.82) is 0 Å². The van der Waals surface area contributed by atoms with Gasteiger partial charge in [-0.1, -0.05) is 58.2 Å². The first-order valence-electron chi connectivity index (χ1n) is 28.7. The van der Waals surface area contributed by atoms with Crippen LogP contribution in [0.25, 0.3) is 54.2 Å². The van der Waals surface area contributed by atoms with E-state index in [1.54, 1.807) is 0 Å². The fraction of sp³-hybridized carbons (Fsp3) is 0.200. The second-order valence-corrected chi connectivity index (χ2v) is 22.4. The van der Waals surface area contributed by atoms with E-state index in [0.29, 0.717) is 0 Å². The highest BCUT2D eigenvalue weighted by atomic mass is 19.2. The zero-order chi connectivity index (χ0) is 75.9. The van der Waals surface area contributed by atoms with Gasteiger partial charge in [0, 0.05) is 11.5 Å². The molecule has 0 aliphatic heterocycles. The predicted octanol–water partition coefficient (Wildman–Crippen LogP) is 18.6. The molecule has 2 N–H and O–H groups in total. The number of nitrogens with two attached hydrogens (primary N) is 1. The van der Waals surface area contributed by atoms with Crippen molar-refractivity contribution in [3.05, 3.63) is 222 Å². The number of benzene rings is 10. The molecule has 2 unspecified atom stereocenters. The standard InChI is InChI=1S/C40BF28.C13H29N.C12H4F6/c42-13-1-5(21(50)37(66)33(13)62)17(46)29(58)25(54)9(1)41(10-2-6(18(47)30(59)26(10)55)22(51)38(67)34(63)14(2)43,11-3-7(19(48)31(60)27(11)56)23(52)39(68)35(64)15(3)44)12-4-8(20(49)32(61)28(12)57)24(53)40(69)36(65)16(4)45;1-5-8-13(6-2)10-9-12(4)11-14-7-3;13-6-4-2-1-3-5(6)7-8(14)10(16)12(18)11(17)9(7)15/h;12-14H,5-11H2,1-4H3;1-4H/q-1;;/p+1. The summed E-state index contributed by atoms with van der Waals surface area (Å²) in [6, 6.07) is 4.22. The van der Waals surface area contributed by atoms with Crippen molar-refractivity contribution in [1.82, 2.24) is 0 Å². The summed E-state index contributed by atoms with van der Waals surface area (Å²) in [5.41, 5.74) is -17.5. The Morgan fingerprint density at radius 3 is 0.762 bits per heavy atom. The van der Waals surface area contributed by atoms with E-state index in [9.17, 15) is 43.9 Å². The summed E-state index contributed by atoms with van der Waals surface area (Å²) >= 11 is 0. The monoisotopic (exact) mass is 1490 g/mol. The van der Waals surface area contributed by atoms with E-state index in [0.717, 1.165) is 24.0 Å². The molecule has 10 aromatic rings. The largest absolute Gasteiger partial charge is 0.346 e. The quantitative estimate of drug-likeness (QED) is 0.0484. The van der Waals surface area contributed by atoms with Gasteiger partial charge in [-0.25, -0.2) is 149 Å². The van der Waals surface area contributed by atoms with Gasteiger partial charge in [0.1, 0.15) is 35.2 Å². The van der Waals surface area contributed by atoms with Crippen LogP contribution in [0.5, 0.6) is 0 Å². The lowest BCUT2D eigenvalue weighted by molar-refractivity contribution is -0.657. The summed E-state index contributed by atoms with van der Waals surface area (Å²) in [5.74, 6) is -114. The summed E-state index contributed by atoms with van der Waals surface area (Å²) < 4.78 is 525. The summed E-state index contributed by atoms with van der Waals surface area (Å²) in [4.78, 5) is 0. The summed E-state index contributed by atoms with van der Waals surface area (Å²) in [6.45, 7) is 11.8. The van der Waals surface area contributed by atoms with Gasteiger partial charge in [-0.2, -0.15) is 0 Å². The Kier molecular flexibility index (Phi) is 22.4. The molecular formula is C65H34BF34N. The molecule has 36 heteroatoms. The fourth-order valence-electron chi connectivity index (χ4n) is 12.1. The number of fused-ring (bicyclic) bond motifs is 4. The first kappa shape index (κ1) is 77.6. The van der Waals surface area contributed by atoms with E-state index in [1.807, 2.05) is 0 Å². The maximum absolute atomic E-state index is 17.3. The molecule has 0 fully saturated rings. The summed E-state index contributed by atoms with van der Waals surface area (Å²) in [7, 11) is 0. The number of halogens is 34. The van der Waals surface area contributed by atoms with Crippen molar-refractivity contribution in [2.75, 3.05) is 13.1 Å². The van der Waals surface area contributed by atoms with Crippen LogP contribution in [0.4, 0.5) is 149 Å². The molecule has 540 valence electrons. The van der Waals surface area contributed by atoms with E-state index in [4.69, 9.17) is 0 Å². The van der Waals surface area contributed by atoms with E-state index in [2.05, 4.69) is 33.0 Å². The van der Waals surface area contributed by atoms with Crippen molar-refractivity contribution < 1.29 is 155 Å². The predicted molar refractivity (Wildman–Crippen MR) is 295 cm³/mol. The van der Waals surface area contributed by atoms with Gasteiger partial charge in [0.25, 0.3) is 0 Å². The molecule has 0 saturated carbocycles. The lowest BCUT2D eigenvalue weighted by Crippen LogP contribution is -2.84. The van der Waals surface area contributed by atoms with Crippen LogP contribution < -0.4 is 27.2 Å². The van der Waals surface area contributed by atoms with Crippen LogP contribution in [0.3, 0.4) is 0 Å². The molecule has 0 radical (unpaired) electrons. The van der Waals surface area contributed by atoms with Gasteiger partial charge in [-0.05, 0) is 53.3 Å². The first-order valence-corrected chi connectivity index (χ1v) is 28.7. The second-order valence-electron chi connectivity index (χ2n) is 22.4. The van der Waals surface area contributed by atoms with Crippen molar-refractivity contribution in [3.63, 3.8) is 0 Å². The van der Waals surface area contributed by atoms with E-state index < -0.39 is 280 Å². The van der Waals surface area contributed by atoms with Crippen LogP contribution in [0.1, 0.15) is 59.8 Å².